The van der Waals surface area contributed by atoms with Crippen LogP contribution in [0.1, 0.15) is 19.0 Å². The normalized spacial score (nSPS) is 26.8. The van der Waals surface area contributed by atoms with Crippen LogP contribution in [0.2, 0.25) is 0 Å². The molecule has 2 rings (SSSR count). The van der Waals surface area contributed by atoms with Crippen molar-refractivity contribution in [2.75, 3.05) is 11.1 Å². The molecule has 0 aliphatic carbocycles. The number of thioether (sulfide) groups is 1. The van der Waals surface area contributed by atoms with Gasteiger partial charge in [-0.15, -0.1) is 0 Å². The summed E-state index contributed by atoms with van der Waals surface area (Å²) >= 11 is 2.05. The van der Waals surface area contributed by atoms with Gasteiger partial charge in [0.1, 0.15) is 0 Å². The molecule has 2 atom stereocenters. The van der Waals surface area contributed by atoms with Gasteiger partial charge in [0.25, 0.3) is 0 Å². The Bertz CT molecular complexity index is 321. The van der Waals surface area contributed by atoms with E-state index in [-0.39, 0.29) is 0 Å². The van der Waals surface area contributed by atoms with E-state index in [0.29, 0.717) is 6.04 Å². The molecule has 1 aromatic heterocycles. The number of nitrogens with zero attached hydrogens (tertiary/aromatic N) is 2. The van der Waals surface area contributed by atoms with Gasteiger partial charge >= 0.3 is 0 Å². The van der Waals surface area contributed by atoms with E-state index in [2.05, 4.69) is 30.5 Å². The maximum Gasteiger partial charge on any atom is 0.0825 e. The van der Waals surface area contributed by atoms with Gasteiger partial charge in [0.15, 0.2) is 0 Å². The second-order valence-corrected chi connectivity index (χ2v) is 5.40. The number of nitrogens with one attached hydrogen (secondary N) is 1. The fourth-order valence-electron chi connectivity index (χ4n) is 1.86. The van der Waals surface area contributed by atoms with E-state index in [0.717, 1.165) is 10.9 Å². The summed E-state index contributed by atoms with van der Waals surface area (Å²) < 4.78 is 1.87. The van der Waals surface area contributed by atoms with Gasteiger partial charge in [-0.1, -0.05) is 6.92 Å². The smallest absolute Gasteiger partial charge is 0.0825 e. The number of rotatable bonds is 2. The van der Waals surface area contributed by atoms with Crippen molar-refractivity contribution in [3.8, 4) is 0 Å². The topological polar surface area (TPSA) is 29.9 Å². The summed E-state index contributed by atoms with van der Waals surface area (Å²) in [6.45, 7) is 4.34. The number of hydrogen-bond acceptors (Lipinski definition) is 3. The minimum atomic E-state index is 0.614. The number of aryl methyl sites for hydroxylation is 2. The van der Waals surface area contributed by atoms with E-state index in [9.17, 15) is 0 Å². The van der Waals surface area contributed by atoms with E-state index in [4.69, 9.17) is 0 Å². The van der Waals surface area contributed by atoms with Gasteiger partial charge in [-0.05, 0) is 19.1 Å². The van der Waals surface area contributed by atoms with Gasteiger partial charge in [0, 0.05) is 24.5 Å². The van der Waals surface area contributed by atoms with E-state index in [1.807, 2.05) is 23.5 Å². The standard InChI is InChI=1S/C10H17N3S/c1-7-10(6-13(3)12-7)11-9-4-5-14-8(9)2/h6,8-9,11H,4-5H2,1-3H3. The van der Waals surface area contributed by atoms with Crippen LogP contribution in [0.15, 0.2) is 6.20 Å². The van der Waals surface area contributed by atoms with E-state index in [1.165, 1.54) is 17.9 Å². The first kappa shape index (κ1) is 9.90. The van der Waals surface area contributed by atoms with Crippen LogP contribution in [-0.2, 0) is 7.05 Å². The lowest BCUT2D eigenvalue weighted by atomic mass is 10.1. The largest absolute Gasteiger partial charge is 0.378 e. The molecule has 2 unspecified atom stereocenters. The van der Waals surface area contributed by atoms with Crippen LogP contribution >= 0.6 is 11.8 Å². The molecule has 0 bridgehead atoms. The summed E-state index contributed by atoms with van der Waals surface area (Å²) in [4.78, 5) is 0. The lowest BCUT2D eigenvalue weighted by Crippen LogP contribution is -2.24. The third kappa shape index (κ3) is 1.90. The zero-order valence-electron chi connectivity index (χ0n) is 8.95. The highest BCUT2D eigenvalue weighted by Crippen LogP contribution is 2.29. The molecule has 14 heavy (non-hydrogen) atoms. The van der Waals surface area contributed by atoms with Crippen molar-refractivity contribution in [2.45, 2.75) is 31.6 Å². The van der Waals surface area contributed by atoms with Gasteiger partial charge in [-0.2, -0.15) is 16.9 Å². The van der Waals surface area contributed by atoms with Crippen molar-refractivity contribution < 1.29 is 0 Å². The second kappa shape index (κ2) is 3.85. The fourth-order valence-corrected chi connectivity index (χ4v) is 3.06. The van der Waals surface area contributed by atoms with Gasteiger partial charge in [-0.25, -0.2) is 0 Å². The number of aromatic nitrogens is 2. The van der Waals surface area contributed by atoms with Crippen LogP contribution in [0.5, 0.6) is 0 Å². The van der Waals surface area contributed by atoms with Gasteiger partial charge in [0.2, 0.25) is 0 Å². The van der Waals surface area contributed by atoms with Crippen molar-refractivity contribution in [1.82, 2.24) is 9.78 Å². The molecule has 1 aromatic rings. The van der Waals surface area contributed by atoms with Crippen molar-refractivity contribution in [2.24, 2.45) is 7.05 Å². The van der Waals surface area contributed by atoms with Gasteiger partial charge in [0.05, 0.1) is 11.4 Å². The Morgan fingerprint density at radius 1 is 1.64 bits per heavy atom. The predicted molar refractivity (Wildman–Crippen MR) is 61.9 cm³/mol. The molecule has 0 amide bonds. The Kier molecular flexibility index (Phi) is 2.72. The van der Waals surface area contributed by atoms with Crippen LogP contribution in [0.4, 0.5) is 5.69 Å². The SMILES string of the molecule is Cc1nn(C)cc1NC1CCSC1C. The minimum absolute atomic E-state index is 0.614. The first-order valence-corrected chi connectivity index (χ1v) is 6.10. The van der Waals surface area contributed by atoms with E-state index in [1.54, 1.807) is 0 Å². The molecule has 4 heteroatoms. The molecule has 1 saturated heterocycles. The number of anilines is 1. The molecular formula is C10H17N3S. The average molecular weight is 211 g/mol. The van der Waals surface area contributed by atoms with Crippen LogP contribution in [0.3, 0.4) is 0 Å². The highest BCUT2D eigenvalue weighted by atomic mass is 32.2. The first-order chi connectivity index (χ1) is 6.66. The Hall–Kier alpha value is -0.640. The minimum Gasteiger partial charge on any atom is -0.378 e. The van der Waals surface area contributed by atoms with Crippen LogP contribution in [-0.4, -0.2) is 26.8 Å². The maximum atomic E-state index is 4.33. The monoisotopic (exact) mass is 211 g/mol. The molecular weight excluding hydrogens is 194 g/mol. The first-order valence-electron chi connectivity index (χ1n) is 5.05. The van der Waals surface area contributed by atoms with E-state index < -0.39 is 0 Å². The molecule has 0 spiro atoms. The Morgan fingerprint density at radius 2 is 2.43 bits per heavy atom. The molecule has 78 valence electrons. The quantitative estimate of drug-likeness (QED) is 0.812. The molecule has 0 aromatic carbocycles. The van der Waals surface area contributed by atoms with Crippen LogP contribution < -0.4 is 5.32 Å². The van der Waals surface area contributed by atoms with Crippen molar-refractivity contribution >= 4 is 17.4 Å². The summed E-state index contributed by atoms with van der Waals surface area (Å²) in [7, 11) is 1.96. The third-order valence-corrected chi connectivity index (χ3v) is 4.06. The molecule has 3 nitrogen and oxygen atoms in total. The summed E-state index contributed by atoms with van der Waals surface area (Å²) in [5, 5.41) is 8.62. The highest BCUT2D eigenvalue weighted by Gasteiger charge is 2.24. The zero-order valence-corrected chi connectivity index (χ0v) is 9.77. The lowest BCUT2D eigenvalue weighted by Gasteiger charge is -2.16. The summed E-state index contributed by atoms with van der Waals surface area (Å²) in [6, 6.07) is 0.614. The molecule has 1 N–H and O–H groups in total. The van der Waals surface area contributed by atoms with Crippen LogP contribution in [0.25, 0.3) is 0 Å². The number of hydrogen-bond donors (Lipinski definition) is 1. The zero-order chi connectivity index (χ0) is 10.1. The average Bonchev–Trinajstić information content (AvgIpc) is 2.62. The molecule has 1 aliphatic heterocycles. The van der Waals surface area contributed by atoms with Crippen molar-refractivity contribution in [1.29, 1.82) is 0 Å². The second-order valence-electron chi connectivity index (χ2n) is 3.92. The Labute approximate surface area is 89.3 Å². The lowest BCUT2D eigenvalue weighted by molar-refractivity contribution is 0.723. The Morgan fingerprint density at radius 3 is 2.93 bits per heavy atom. The maximum absolute atomic E-state index is 4.33. The van der Waals surface area contributed by atoms with Gasteiger partial charge in [-0.3, -0.25) is 4.68 Å². The molecule has 1 fully saturated rings. The van der Waals surface area contributed by atoms with Crippen LogP contribution in [0, 0.1) is 6.92 Å². The fraction of sp³-hybridized carbons (Fsp3) is 0.700. The van der Waals surface area contributed by atoms with E-state index >= 15 is 0 Å². The van der Waals surface area contributed by atoms with Crippen molar-refractivity contribution in [3.63, 3.8) is 0 Å². The molecule has 2 heterocycles. The Balaban J connectivity index is 2.06. The third-order valence-electron chi connectivity index (χ3n) is 2.73. The molecule has 0 saturated carbocycles. The molecule has 1 aliphatic rings. The van der Waals surface area contributed by atoms with Gasteiger partial charge < -0.3 is 5.32 Å². The highest BCUT2D eigenvalue weighted by molar-refractivity contribution is 8.00. The predicted octanol–water partition coefficient (Wildman–Crippen LogP) is 2.03. The summed E-state index contributed by atoms with van der Waals surface area (Å²) in [6.07, 6.45) is 3.32. The van der Waals surface area contributed by atoms with Crippen molar-refractivity contribution in [3.05, 3.63) is 11.9 Å². The summed E-state index contributed by atoms with van der Waals surface area (Å²) in [5.41, 5.74) is 2.28. The molecule has 0 radical (unpaired) electrons. The summed E-state index contributed by atoms with van der Waals surface area (Å²) in [5.74, 6) is 1.28.